The number of thiazole rings is 1. The Hall–Kier alpha value is -1.69. The van der Waals surface area contributed by atoms with Gasteiger partial charge in [0.1, 0.15) is 5.82 Å². The Bertz CT molecular complexity index is 523. The van der Waals surface area contributed by atoms with Gasteiger partial charge in [-0.1, -0.05) is 0 Å². The summed E-state index contributed by atoms with van der Waals surface area (Å²) >= 11 is 1.70. The molecule has 0 spiro atoms. The third kappa shape index (κ3) is 3.16. The molecule has 5 nitrogen and oxygen atoms in total. The van der Waals surface area contributed by atoms with Crippen molar-refractivity contribution >= 4 is 23.1 Å². The summed E-state index contributed by atoms with van der Waals surface area (Å²) in [6.45, 7) is 4.84. The SMILES string of the molecule is CNc1ncc(C)c(NCCc2nc(C)cs2)n1. The number of nitrogens with one attached hydrogen (secondary N) is 2. The highest BCUT2D eigenvalue weighted by molar-refractivity contribution is 7.09. The van der Waals surface area contributed by atoms with Gasteiger partial charge in [0.05, 0.1) is 5.01 Å². The van der Waals surface area contributed by atoms with Crippen LogP contribution >= 0.6 is 11.3 Å². The van der Waals surface area contributed by atoms with E-state index in [-0.39, 0.29) is 0 Å². The van der Waals surface area contributed by atoms with Gasteiger partial charge < -0.3 is 10.6 Å². The first-order valence-electron chi connectivity index (χ1n) is 5.85. The van der Waals surface area contributed by atoms with Gasteiger partial charge in [0.15, 0.2) is 0 Å². The van der Waals surface area contributed by atoms with Gasteiger partial charge in [-0.05, 0) is 13.8 Å². The van der Waals surface area contributed by atoms with Crippen LogP contribution in [0.25, 0.3) is 0 Å². The summed E-state index contributed by atoms with van der Waals surface area (Å²) in [5, 5.41) is 9.48. The van der Waals surface area contributed by atoms with Crippen molar-refractivity contribution in [3.63, 3.8) is 0 Å². The molecule has 0 saturated heterocycles. The van der Waals surface area contributed by atoms with Crippen molar-refractivity contribution in [2.24, 2.45) is 0 Å². The quantitative estimate of drug-likeness (QED) is 0.866. The summed E-state index contributed by atoms with van der Waals surface area (Å²) in [6, 6.07) is 0. The zero-order valence-corrected chi connectivity index (χ0v) is 11.6. The summed E-state index contributed by atoms with van der Waals surface area (Å²) in [7, 11) is 1.81. The van der Waals surface area contributed by atoms with Gasteiger partial charge in [-0.2, -0.15) is 4.98 Å². The summed E-state index contributed by atoms with van der Waals surface area (Å²) in [4.78, 5) is 13.0. The van der Waals surface area contributed by atoms with Crippen molar-refractivity contribution in [3.8, 4) is 0 Å². The smallest absolute Gasteiger partial charge is 0.224 e. The summed E-state index contributed by atoms with van der Waals surface area (Å²) < 4.78 is 0. The first kappa shape index (κ1) is 12.8. The van der Waals surface area contributed by atoms with Crippen LogP contribution in [0.15, 0.2) is 11.6 Å². The molecule has 0 saturated carbocycles. The Morgan fingerprint density at radius 1 is 1.28 bits per heavy atom. The Kier molecular flexibility index (Phi) is 4.09. The fourth-order valence-corrected chi connectivity index (χ4v) is 2.32. The minimum Gasteiger partial charge on any atom is -0.369 e. The van der Waals surface area contributed by atoms with Gasteiger partial charge in [-0.15, -0.1) is 11.3 Å². The van der Waals surface area contributed by atoms with Crippen molar-refractivity contribution in [3.05, 3.63) is 27.8 Å². The van der Waals surface area contributed by atoms with Crippen LogP contribution in [0.1, 0.15) is 16.3 Å². The van der Waals surface area contributed by atoms with Crippen LogP contribution in [0, 0.1) is 13.8 Å². The molecule has 0 radical (unpaired) electrons. The maximum atomic E-state index is 4.43. The molecule has 0 fully saturated rings. The number of aromatic nitrogens is 3. The van der Waals surface area contributed by atoms with Crippen LogP contribution in [0.2, 0.25) is 0 Å². The predicted molar refractivity (Wildman–Crippen MR) is 75.4 cm³/mol. The van der Waals surface area contributed by atoms with Crippen LogP contribution in [0.4, 0.5) is 11.8 Å². The summed E-state index contributed by atoms with van der Waals surface area (Å²) in [6.07, 6.45) is 2.73. The Balaban J connectivity index is 1.93. The van der Waals surface area contributed by atoms with Crippen LogP contribution in [0.3, 0.4) is 0 Å². The van der Waals surface area contributed by atoms with Gasteiger partial charge in [-0.3, -0.25) is 0 Å². The number of rotatable bonds is 5. The molecule has 2 aromatic rings. The van der Waals surface area contributed by atoms with Crippen molar-refractivity contribution in [2.75, 3.05) is 24.2 Å². The molecule has 2 N–H and O–H groups in total. The van der Waals surface area contributed by atoms with E-state index in [0.717, 1.165) is 35.0 Å². The molecule has 0 aliphatic rings. The van der Waals surface area contributed by atoms with E-state index in [1.165, 1.54) is 0 Å². The van der Waals surface area contributed by atoms with Crippen molar-refractivity contribution in [1.82, 2.24) is 15.0 Å². The fraction of sp³-hybridized carbons (Fsp3) is 0.417. The van der Waals surface area contributed by atoms with E-state index >= 15 is 0 Å². The van der Waals surface area contributed by atoms with E-state index in [2.05, 4.69) is 31.0 Å². The molecule has 0 bridgehead atoms. The summed E-state index contributed by atoms with van der Waals surface area (Å²) in [5.41, 5.74) is 2.13. The van der Waals surface area contributed by atoms with Crippen LogP contribution in [0.5, 0.6) is 0 Å². The molecule has 0 aliphatic carbocycles. The topological polar surface area (TPSA) is 62.7 Å². The number of anilines is 2. The lowest BCUT2D eigenvalue weighted by Gasteiger charge is -2.08. The largest absolute Gasteiger partial charge is 0.369 e. The van der Waals surface area contributed by atoms with Crippen LogP contribution < -0.4 is 10.6 Å². The van der Waals surface area contributed by atoms with E-state index in [4.69, 9.17) is 0 Å². The molecule has 2 aromatic heterocycles. The van der Waals surface area contributed by atoms with Gasteiger partial charge in [0.2, 0.25) is 5.95 Å². The van der Waals surface area contributed by atoms with Gasteiger partial charge in [0, 0.05) is 42.8 Å². The van der Waals surface area contributed by atoms with Crippen LogP contribution in [-0.2, 0) is 6.42 Å². The standard InChI is InChI=1S/C12H17N5S/c1-8-6-15-12(13-3)17-11(8)14-5-4-10-16-9(2)7-18-10/h6-7H,4-5H2,1-3H3,(H2,13,14,15,17). The lowest BCUT2D eigenvalue weighted by Crippen LogP contribution is -2.09. The molecular weight excluding hydrogens is 246 g/mol. The predicted octanol–water partition coefficient (Wildman–Crippen LogP) is 2.25. The third-order valence-corrected chi connectivity index (χ3v) is 3.52. The second-order valence-corrected chi connectivity index (χ2v) is 4.98. The maximum Gasteiger partial charge on any atom is 0.224 e. The normalized spacial score (nSPS) is 10.4. The Morgan fingerprint density at radius 3 is 2.78 bits per heavy atom. The number of aryl methyl sites for hydroxylation is 2. The number of hydrogen-bond donors (Lipinski definition) is 2. The molecule has 96 valence electrons. The first-order valence-corrected chi connectivity index (χ1v) is 6.73. The molecule has 2 rings (SSSR count). The average Bonchev–Trinajstić information content (AvgIpc) is 2.77. The van der Waals surface area contributed by atoms with E-state index in [9.17, 15) is 0 Å². The highest BCUT2D eigenvalue weighted by Gasteiger charge is 2.03. The molecule has 6 heteroatoms. The lowest BCUT2D eigenvalue weighted by atomic mass is 10.3. The Morgan fingerprint density at radius 2 is 2.11 bits per heavy atom. The molecule has 0 unspecified atom stereocenters. The molecule has 0 aliphatic heterocycles. The van der Waals surface area contributed by atoms with E-state index in [1.807, 2.05) is 27.1 Å². The van der Waals surface area contributed by atoms with Crippen molar-refractivity contribution < 1.29 is 0 Å². The van der Waals surface area contributed by atoms with Gasteiger partial charge in [-0.25, -0.2) is 9.97 Å². The lowest BCUT2D eigenvalue weighted by molar-refractivity contribution is 0.969. The third-order valence-electron chi connectivity index (χ3n) is 2.49. The molecule has 2 heterocycles. The highest BCUT2D eigenvalue weighted by atomic mass is 32.1. The zero-order valence-electron chi connectivity index (χ0n) is 10.8. The van der Waals surface area contributed by atoms with Crippen molar-refractivity contribution in [2.45, 2.75) is 20.3 Å². The second kappa shape index (κ2) is 5.77. The van der Waals surface area contributed by atoms with Gasteiger partial charge in [0.25, 0.3) is 0 Å². The maximum absolute atomic E-state index is 4.43. The zero-order chi connectivity index (χ0) is 13.0. The fourth-order valence-electron chi connectivity index (χ4n) is 1.55. The monoisotopic (exact) mass is 263 g/mol. The molecule has 18 heavy (non-hydrogen) atoms. The molecule has 0 aromatic carbocycles. The molecule has 0 atom stereocenters. The average molecular weight is 263 g/mol. The first-order chi connectivity index (χ1) is 8.69. The second-order valence-electron chi connectivity index (χ2n) is 4.03. The van der Waals surface area contributed by atoms with E-state index in [1.54, 1.807) is 11.3 Å². The summed E-state index contributed by atoms with van der Waals surface area (Å²) in [5.74, 6) is 1.51. The highest BCUT2D eigenvalue weighted by Crippen LogP contribution is 2.13. The Labute approximate surface area is 111 Å². The molecular formula is C12H17N5S. The number of hydrogen-bond acceptors (Lipinski definition) is 6. The van der Waals surface area contributed by atoms with Crippen LogP contribution in [-0.4, -0.2) is 28.5 Å². The van der Waals surface area contributed by atoms with Gasteiger partial charge >= 0.3 is 0 Å². The van der Waals surface area contributed by atoms with Crippen molar-refractivity contribution in [1.29, 1.82) is 0 Å². The molecule has 0 amide bonds. The van der Waals surface area contributed by atoms with E-state index in [0.29, 0.717) is 5.95 Å². The number of nitrogens with zero attached hydrogens (tertiary/aromatic N) is 3. The van der Waals surface area contributed by atoms with E-state index < -0.39 is 0 Å². The minimum absolute atomic E-state index is 0.633. The minimum atomic E-state index is 0.633.